The van der Waals surface area contributed by atoms with E-state index in [-0.39, 0.29) is 11.3 Å². The smallest absolute Gasteiger partial charge is 0.234 e. The van der Waals surface area contributed by atoms with Crippen LogP contribution >= 0.6 is 0 Å². The molecule has 0 amide bonds. The molecule has 9 heteroatoms. The molecule has 1 fully saturated rings. The Morgan fingerprint density at radius 1 is 1.07 bits per heavy atom. The number of nitriles is 1. The van der Waals surface area contributed by atoms with Gasteiger partial charge in [-0.3, -0.25) is 4.55 Å². The summed E-state index contributed by atoms with van der Waals surface area (Å²) in [7, 11) is 0. The topological polar surface area (TPSA) is 85.4 Å². The summed E-state index contributed by atoms with van der Waals surface area (Å²) in [6.45, 7) is 2.44. The molecule has 2 aromatic carbocycles. The maximum atomic E-state index is 14.2. The van der Waals surface area contributed by atoms with Gasteiger partial charge in [0.2, 0.25) is 11.3 Å². The zero-order chi connectivity index (χ0) is 20.4. The third-order valence-electron chi connectivity index (χ3n) is 4.93. The molecule has 148 valence electrons. The Kier molecular flexibility index (Phi) is 5.40. The van der Waals surface area contributed by atoms with Crippen LogP contribution in [-0.4, -0.2) is 49.0 Å². The molecule has 0 bridgehead atoms. The van der Waals surface area contributed by atoms with E-state index in [0.29, 0.717) is 26.2 Å². The minimum atomic E-state index is -1.91. The molecular formula is C20H18FN5O2S. The number of rotatable bonds is 4. The second-order valence-corrected chi connectivity index (χ2v) is 7.62. The van der Waals surface area contributed by atoms with Crippen LogP contribution in [0, 0.1) is 17.1 Å². The first-order valence-corrected chi connectivity index (χ1v) is 10.1. The monoisotopic (exact) mass is 411 g/mol. The van der Waals surface area contributed by atoms with E-state index in [1.54, 1.807) is 18.5 Å². The van der Waals surface area contributed by atoms with Crippen LogP contribution in [0.25, 0.3) is 16.8 Å². The lowest BCUT2D eigenvalue weighted by Gasteiger charge is -2.33. The summed E-state index contributed by atoms with van der Waals surface area (Å²) in [5.74, 6) is -0.503. The highest BCUT2D eigenvalue weighted by molar-refractivity contribution is 7.76. The van der Waals surface area contributed by atoms with Crippen molar-refractivity contribution in [2.24, 2.45) is 0 Å². The zero-order valence-electron chi connectivity index (χ0n) is 15.4. The molecular weight excluding hydrogens is 393 g/mol. The summed E-state index contributed by atoms with van der Waals surface area (Å²) in [5.41, 5.74) is 3.39. The summed E-state index contributed by atoms with van der Waals surface area (Å²) in [4.78, 5) is 2.17. The van der Waals surface area contributed by atoms with Crippen LogP contribution in [0.15, 0.2) is 54.9 Å². The lowest BCUT2D eigenvalue weighted by molar-refractivity contribution is 0.373. The summed E-state index contributed by atoms with van der Waals surface area (Å²) in [6, 6.07) is 14.1. The Hall–Kier alpha value is -3.06. The molecule has 1 atom stereocenters. The van der Waals surface area contributed by atoms with E-state index in [0.717, 1.165) is 16.8 Å². The second kappa shape index (κ2) is 8.13. The number of benzene rings is 2. The quantitative estimate of drug-likeness (QED) is 0.668. The van der Waals surface area contributed by atoms with Crippen LogP contribution in [0.2, 0.25) is 0 Å². The number of aromatic nitrogens is 2. The van der Waals surface area contributed by atoms with Crippen molar-refractivity contribution in [2.45, 2.75) is 0 Å². The lowest BCUT2D eigenvalue weighted by Crippen LogP contribution is -2.46. The zero-order valence-corrected chi connectivity index (χ0v) is 16.2. The second-order valence-electron chi connectivity index (χ2n) is 6.65. The van der Waals surface area contributed by atoms with Crippen LogP contribution < -0.4 is 4.90 Å². The number of anilines is 1. The van der Waals surface area contributed by atoms with E-state index in [4.69, 9.17) is 9.81 Å². The van der Waals surface area contributed by atoms with Crippen molar-refractivity contribution in [3.05, 3.63) is 66.2 Å². The number of nitrogens with zero attached hydrogens (tertiary/aromatic N) is 5. The minimum absolute atomic E-state index is 0.264. The van der Waals surface area contributed by atoms with Gasteiger partial charge < -0.3 is 4.90 Å². The van der Waals surface area contributed by atoms with E-state index >= 15 is 0 Å². The Morgan fingerprint density at radius 2 is 1.79 bits per heavy atom. The SMILES string of the molecule is N#Cc1ccc(-n2cc(-c3ccc(N4CCN(S(=O)O)CC4)cc3)cn2)c(F)c1. The highest BCUT2D eigenvalue weighted by Crippen LogP contribution is 2.25. The van der Waals surface area contributed by atoms with Crippen molar-refractivity contribution in [1.82, 2.24) is 14.1 Å². The van der Waals surface area contributed by atoms with Gasteiger partial charge in [-0.05, 0) is 35.9 Å². The molecule has 1 aliphatic rings. The molecule has 0 spiro atoms. The third-order valence-corrected chi connectivity index (χ3v) is 5.74. The van der Waals surface area contributed by atoms with Gasteiger partial charge >= 0.3 is 0 Å². The molecule has 1 aromatic heterocycles. The van der Waals surface area contributed by atoms with E-state index in [2.05, 4.69) is 10.00 Å². The fourth-order valence-electron chi connectivity index (χ4n) is 3.33. The van der Waals surface area contributed by atoms with Crippen molar-refractivity contribution in [1.29, 1.82) is 5.26 Å². The van der Waals surface area contributed by atoms with E-state index in [1.165, 1.54) is 21.1 Å². The normalized spacial score (nSPS) is 15.8. The van der Waals surface area contributed by atoms with Crippen LogP contribution in [0.3, 0.4) is 0 Å². The molecule has 29 heavy (non-hydrogen) atoms. The van der Waals surface area contributed by atoms with Crippen molar-refractivity contribution in [3.8, 4) is 22.9 Å². The average Bonchev–Trinajstić information content (AvgIpc) is 3.23. The maximum Gasteiger partial charge on any atom is 0.234 e. The van der Waals surface area contributed by atoms with Crippen LogP contribution in [0.4, 0.5) is 10.1 Å². The van der Waals surface area contributed by atoms with E-state index < -0.39 is 17.1 Å². The van der Waals surface area contributed by atoms with E-state index in [9.17, 15) is 8.60 Å². The third kappa shape index (κ3) is 4.05. The molecule has 1 N–H and O–H groups in total. The van der Waals surface area contributed by atoms with Gasteiger partial charge in [-0.2, -0.15) is 14.7 Å². The minimum Gasteiger partial charge on any atom is -0.369 e. The molecule has 0 radical (unpaired) electrons. The molecule has 1 unspecified atom stereocenters. The molecule has 0 saturated carbocycles. The van der Waals surface area contributed by atoms with Crippen molar-refractivity contribution in [2.75, 3.05) is 31.1 Å². The molecule has 2 heterocycles. The van der Waals surface area contributed by atoms with Crippen molar-refractivity contribution >= 4 is 17.0 Å². The molecule has 7 nitrogen and oxygen atoms in total. The van der Waals surface area contributed by atoms with Gasteiger partial charge in [0.15, 0.2) is 0 Å². The summed E-state index contributed by atoms with van der Waals surface area (Å²) < 4.78 is 37.5. The first kappa shape index (κ1) is 19.3. The molecule has 0 aliphatic carbocycles. The first-order chi connectivity index (χ1) is 14.0. The summed E-state index contributed by atoms with van der Waals surface area (Å²) in [6.07, 6.45) is 3.41. The predicted octanol–water partition coefficient (Wildman–Crippen LogP) is 2.81. The maximum absolute atomic E-state index is 14.2. The predicted molar refractivity (Wildman–Crippen MR) is 108 cm³/mol. The summed E-state index contributed by atoms with van der Waals surface area (Å²) >= 11 is -1.91. The molecule has 3 aromatic rings. The van der Waals surface area contributed by atoms with Gasteiger partial charge in [-0.1, -0.05) is 12.1 Å². The first-order valence-electron chi connectivity index (χ1n) is 9.01. The van der Waals surface area contributed by atoms with Crippen LogP contribution in [0.5, 0.6) is 0 Å². The number of piperazine rings is 1. The highest BCUT2D eigenvalue weighted by atomic mass is 32.2. The van der Waals surface area contributed by atoms with Gasteiger partial charge in [0, 0.05) is 43.6 Å². The Bertz CT molecular complexity index is 1080. The lowest BCUT2D eigenvalue weighted by atomic mass is 10.1. The standard InChI is InChI=1S/C20H18FN5O2S/c21-19-11-15(12-22)1-6-20(19)26-14-17(13-23-26)16-2-4-18(5-3-16)24-7-9-25(10-8-24)29(27)28/h1-6,11,13-14H,7-10H2,(H,27,28). The Labute approximate surface area is 170 Å². The van der Waals surface area contributed by atoms with Crippen LogP contribution in [0.1, 0.15) is 5.56 Å². The van der Waals surface area contributed by atoms with Gasteiger partial charge in [-0.25, -0.2) is 13.3 Å². The fourth-order valence-corrected chi connectivity index (χ4v) is 3.81. The van der Waals surface area contributed by atoms with Crippen molar-refractivity contribution in [3.63, 3.8) is 0 Å². The number of hydrogen-bond acceptors (Lipinski definition) is 4. The average molecular weight is 411 g/mol. The number of hydrogen-bond donors (Lipinski definition) is 1. The van der Waals surface area contributed by atoms with Crippen LogP contribution in [-0.2, 0) is 11.3 Å². The van der Waals surface area contributed by atoms with Gasteiger partial charge in [0.1, 0.15) is 11.5 Å². The van der Waals surface area contributed by atoms with Gasteiger partial charge in [-0.15, -0.1) is 0 Å². The van der Waals surface area contributed by atoms with E-state index in [1.807, 2.05) is 30.3 Å². The molecule has 1 saturated heterocycles. The fraction of sp³-hybridized carbons (Fsp3) is 0.200. The van der Waals surface area contributed by atoms with Gasteiger partial charge in [0.05, 0.1) is 17.8 Å². The highest BCUT2D eigenvalue weighted by Gasteiger charge is 2.20. The van der Waals surface area contributed by atoms with Crippen molar-refractivity contribution < 1.29 is 13.2 Å². The summed E-state index contributed by atoms with van der Waals surface area (Å²) in [5, 5.41) is 13.1. The molecule has 1 aliphatic heterocycles. The largest absolute Gasteiger partial charge is 0.369 e. The number of halogens is 1. The molecule has 4 rings (SSSR count). The Balaban J connectivity index is 1.49. The Morgan fingerprint density at radius 3 is 2.41 bits per heavy atom. The van der Waals surface area contributed by atoms with Gasteiger partial charge in [0.25, 0.3) is 0 Å².